The standard InChI is InChI=1S/C100H156N4O36S/c1-73-55-75(98(107)102-26-29-121-47-49-123-51-53-124-52-50-122-48-46-120-28-25-101-95(106)72-137-103-91-59-87-85(84-15-12-13-16-86(84)91)23-24-100(3)90(87)19-22-94(100)105)56-74(2)97(73)140-99(108)96-88-57-76(138-82(68-133-78(60-125-38-30-112-4)61-126-39-31-113-5)69-134-79(62-127-40-32-114-6)63-128-41-33-115-7)17-20-92(88)104(27-14-54-141(109,110)111)93-21-18-77(58-89(93)96)139-83(70-135-80(64-129-42-34-116-8)65-130-43-35-117-9)71-136-81(66-131-44-36-118-10)67-132-45-37-119-11/h12-13,15-18,20-21,55-58,78-83,85,87,90,94,105H,14,19,22-54,59-72H2,1-11H3,(H2-,101,102,106,107,109,110,111)/p+1. The summed E-state index contributed by atoms with van der Waals surface area (Å²) in [5.74, 6) is -0.349. The Balaban J connectivity index is 0.958. The van der Waals surface area contributed by atoms with E-state index in [1.807, 2.05) is 10.6 Å². The Morgan fingerprint density at radius 2 is 0.844 bits per heavy atom. The van der Waals surface area contributed by atoms with Gasteiger partial charge in [-0.15, -0.1) is 0 Å². The van der Waals surface area contributed by atoms with Gasteiger partial charge in [0.05, 0.1) is 285 Å². The van der Waals surface area contributed by atoms with Crippen LogP contribution in [0.15, 0.2) is 78.0 Å². The maximum atomic E-state index is 16.1. The van der Waals surface area contributed by atoms with Gasteiger partial charge in [0.15, 0.2) is 13.2 Å². The fourth-order valence-corrected chi connectivity index (χ4v) is 17.3. The van der Waals surface area contributed by atoms with Crippen molar-refractivity contribution in [2.75, 3.05) is 333 Å². The van der Waals surface area contributed by atoms with Gasteiger partial charge in [-0.05, 0) is 122 Å². The lowest BCUT2D eigenvalue weighted by atomic mass is 9.55. The molecule has 0 bridgehead atoms. The molecule has 41 heteroatoms. The van der Waals surface area contributed by atoms with Crippen LogP contribution in [0.5, 0.6) is 17.2 Å². The van der Waals surface area contributed by atoms with Crippen LogP contribution in [0.2, 0.25) is 0 Å². The number of carbonyl (C=O) groups excluding carboxylic acids is 3. The van der Waals surface area contributed by atoms with Crippen molar-refractivity contribution in [3.63, 3.8) is 0 Å². The van der Waals surface area contributed by atoms with Gasteiger partial charge in [-0.1, -0.05) is 36.3 Å². The summed E-state index contributed by atoms with van der Waals surface area (Å²) in [7, 11) is 8.11. The maximum absolute atomic E-state index is 16.1. The van der Waals surface area contributed by atoms with Gasteiger partial charge in [-0.3, -0.25) is 14.1 Å². The number of nitrogens with zero attached hydrogens (tertiary/aromatic N) is 2. The summed E-state index contributed by atoms with van der Waals surface area (Å²) < 4.78 is 203. The van der Waals surface area contributed by atoms with Crippen LogP contribution < -0.4 is 29.4 Å². The highest BCUT2D eigenvalue weighted by Gasteiger charge is 2.55. The van der Waals surface area contributed by atoms with Gasteiger partial charge in [0, 0.05) is 99.6 Å². The van der Waals surface area contributed by atoms with Gasteiger partial charge >= 0.3 is 5.97 Å². The lowest BCUT2D eigenvalue weighted by Crippen LogP contribution is -2.45. The predicted octanol–water partition coefficient (Wildman–Crippen LogP) is 6.76. The Bertz CT molecular complexity index is 4180. The molecule has 1 heterocycles. The quantitative estimate of drug-likeness (QED) is 0.00594. The molecule has 40 nitrogen and oxygen atoms in total. The number of oxime groups is 1. The lowest BCUT2D eigenvalue weighted by Gasteiger charge is -2.50. The first-order valence-corrected chi connectivity index (χ1v) is 50.2. The minimum atomic E-state index is -4.49. The third kappa shape index (κ3) is 43.8. The summed E-state index contributed by atoms with van der Waals surface area (Å²) in [5.41, 5.74) is 5.16. The molecule has 0 aliphatic heterocycles. The normalized spacial score (nSPS) is 16.8. The number of carbonyl (C=O) groups is 3. The van der Waals surface area contributed by atoms with E-state index < -0.39 is 64.4 Å². The number of aliphatic hydroxyl groups is 1. The van der Waals surface area contributed by atoms with Crippen molar-refractivity contribution in [1.29, 1.82) is 0 Å². The molecule has 3 aliphatic carbocycles. The van der Waals surface area contributed by atoms with E-state index >= 15 is 4.79 Å². The summed E-state index contributed by atoms with van der Waals surface area (Å²) in [5, 5.41) is 21.7. The number of esters is 1. The van der Waals surface area contributed by atoms with Crippen molar-refractivity contribution < 1.29 is 174 Å². The number of nitrogens with one attached hydrogen (secondary N) is 2. The highest BCUT2D eigenvalue weighted by molar-refractivity contribution is 7.85. The van der Waals surface area contributed by atoms with Gasteiger partial charge in [0.2, 0.25) is 11.0 Å². The van der Waals surface area contributed by atoms with Crippen molar-refractivity contribution >= 4 is 55.4 Å². The number of hydrogen-bond acceptors (Lipinski definition) is 36. The zero-order valence-electron chi connectivity index (χ0n) is 84.4. The number of hydrogen-bond donors (Lipinski definition) is 4. The minimum absolute atomic E-state index is 0.00640. The number of methoxy groups -OCH3 is 8. The van der Waals surface area contributed by atoms with Crippen molar-refractivity contribution in [2.24, 2.45) is 22.4 Å². The molecule has 5 unspecified atom stereocenters. The highest BCUT2D eigenvalue weighted by atomic mass is 32.2. The van der Waals surface area contributed by atoms with Crippen LogP contribution in [-0.4, -0.2) is 418 Å². The number of pyridine rings is 1. The van der Waals surface area contributed by atoms with Crippen LogP contribution in [0.3, 0.4) is 0 Å². The second kappa shape index (κ2) is 69.9. The SMILES string of the molecule is COCCOCC(COCCOC)OCC(COC(COCCOC)COCCOC)Oc1ccc2c(c1)c(C(=O)Oc1c(C)cc(C(=O)NCCOCCOCCOCCOCCOCCNC(=O)CON=C3CC4C(CCC5(C)C(O)CCC45)c4ccccc43)cc1C)c1cc(OC(COC(COCCOC)COCCOC)COC(COCCOC)COCCOC)ccc1[n+]2CCCS(=O)(=O)O. The molecule has 4 aromatic carbocycles. The second-order valence-electron chi connectivity index (χ2n) is 34.5. The molecule has 0 radical (unpaired) electrons. The monoisotopic (exact) mass is 2020 g/mol. The van der Waals surface area contributed by atoms with Gasteiger partial charge in [0.25, 0.3) is 21.9 Å². The van der Waals surface area contributed by atoms with E-state index in [2.05, 4.69) is 40.9 Å². The second-order valence-corrected chi connectivity index (χ2v) is 36.1. The molecule has 2 fully saturated rings. The Morgan fingerprint density at radius 3 is 1.24 bits per heavy atom. The molecular formula is C100H157N4O36S+. The van der Waals surface area contributed by atoms with Crippen molar-refractivity contribution in [3.8, 4) is 17.2 Å². The molecule has 3 aliphatic rings. The molecule has 4 N–H and O–H groups in total. The molecule has 5 aromatic rings. The average molecular weight is 2020 g/mol. The number of rotatable bonds is 84. The Morgan fingerprint density at radius 1 is 0.461 bits per heavy atom. The number of fused-ring (bicyclic) bond motifs is 7. The molecule has 2 saturated carbocycles. The molecular weight excluding hydrogens is 1870 g/mol. The molecule has 0 spiro atoms. The Labute approximate surface area is 830 Å². The molecule has 141 heavy (non-hydrogen) atoms. The smallest absolute Gasteiger partial charge is 0.345 e. The molecule has 1 aromatic heterocycles. The Hall–Kier alpha value is -7.10. The summed E-state index contributed by atoms with van der Waals surface area (Å²) in [6, 6.07) is 21.8. The predicted molar refractivity (Wildman–Crippen MR) is 518 cm³/mol. The summed E-state index contributed by atoms with van der Waals surface area (Å²) in [6.45, 7) is 14.4. The van der Waals surface area contributed by atoms with Crippen LogP contribution in [0, 0.1) is 31.1 Å². The van der Waals surface area contributed by atoms with Crippen LogP contribution >= 0.6 is 0 Å². The largest absolute Gasteiger partial charge is 0.486 e. The lowest BCUT2D eigenvalue weighted by molar-refractivity contribution is -0.645. The molecule has 0 saturated heterocycles. The summed E-state index contributed by atoms with van der Waals surface area (Å²) in [4.78, 5) is 48.4. The Kier molecular flexibility index (Phi) is 59.0. The van der Waals surface area contributed by atoms with E-state index in [4.69, 9.17) is 137 Å². The highest BCUT2D eigenvalue weighted by Crippen LogP contribution is 2.61. The topological polar surface area (TPSA) is 434 Å². The molecule has 2 amide bonds. The summed E-state index contributed by atoms with van der Waals surface area (Å²) in [6.07, 6.45) is 0.00754. The number of amides is 2. The molecule has 798 valence electrons. The van der Waals surface area contributed by atoms with Crippen molar-refractivity contribution in [3.05, 3.63) is 106 Å². The molecule has 5 atom stereocenters. The number of benzene rings is 4. The number of ether oxygens (including phenoxy) is 28. The van der Waals surface area contributed by atoms with Gasteiger partial charge in [-0.2, -0.15) is 13.0 Å². The van der Waals surface area contributed by atoms with Crippen molar-refractivity contribution in [2.45, 2.75) is 114 Å². The first-order chi connectivity index (χ1) is 68.7. The van der Waals surface area contributed by atoms with E-state index in [1.54, 1.807) is 119 Å². The fraction of sp³-hybridized carbons (Fsp3) is 0.710. The van der Waals surface area contributed by atoms with Gasteiger partial charge in [-0.25, -0.2) is 4.79 Å². The van der Waals surface area contributed by atoms with Crippen LogP contribution in [0.25, 0.3) is 21.8 Å². The first kappa shape index (κ1) is 119. The van der Waals surface area contributed by atoms with Crippen molar-refractivity contribution in [1.82, 2.24) is 10.6 Å². The number of aromatic nitrogens is 1. The van der Waals surface area contributed by atoms with E-state index in [0.717, 1.165) is 43.4 Å². The zero-order chi connectivity index (χ0) is 101. The van der Waals surface area contributed by atoms with Crippen LogP contribution in [-0.2, 0) is 145 Å². The van der Waals surface area contributed by atoms with E-state index in [0.29, 0.717) is 146 Å². The average Bonchev–Trinajstić information content (AvgIpc) is 1.71. The third-order valence-corrected chi connectivity index (χ3v) is 24.8. The first-order valence-electron chi connectivity index (χ1n) is 48.6. The minimum Gasteiger partial charge on any atom is -0.486 e. The zero-order valence-corrected chi connectivity index (χ0v) is 85.2. The van der Waals surface area contributed by atoms with Crippen LogP contribution in [0.1, 0.15) is 94.3 Å². The number of aryl methyl sites for hydroxylation is 3. The maximum Gasteiger partial charge on any atom is 0.345 e. The summed E-state index contributed by atoms with van der Waals surface area (Å²) >= 11 is 0. The fourth-order valence-electron chi connectivity index (χ4n) is 16.8. The van der Waals surface area contributed by atoms with Gasteiger partial charge in [0.1, 0.15) is 53.9 Å². The van der Waals surface area contributed by atoms with E-state index in [1.165, 1.54) is 5.56 Å². The van der Waals surface area contributed by atoms with Gasteiger partial charge < -0.3 is 153 Å². The molecule has 8 rings (SSSR count). The third-order valence-electron chi connectivity index (χ3n) is 24.0. The van der Waals surface area contributed by atoms with Crippen LogP contribution in [0.4, 0.5) is 0 Å². The number of aliphatic hydroxyl groups excluding tert-OH is 1. The van der Waals surface area contributed by atoms with E-state index in [9.17, 15) is 27.7 Å². The van der Waals surface area contributed by atoms with E-state index in [-0.39, 0.29) is 235 Å².